The van der Waals surface area contributed by atoms with Crippen LogP contribution in [0.1, 0.15) is 49.3 Å². The number of ether oxygens (including phenoxy) is 3. The molecule has 5 amide bonds. The van der Waals surface area contributed by atoms with Gasteiger partial charge in [0.1, 0.15) is 36.7 Å². The van der Waals surface area contributed by atoms with Crippen molar-refractivity contribution in [2.24, 2.45) is 16.8 Å². The second kappa shape index (κ2) is 18.8. The normalized spacial score (nSPS) is 12.6. The number of benzene rings is 4. The Morgan fingerprint density at radius 3 is 2.02 bits per heavy atom. The third kappa shape index (κ3) is 10.9. The van der Waals surface area contributed by atoms with Crippen LogP contribution in [0, 0.1) is 10.8 Å². The third-order valence-corrected chi connectivity index (χ3v) is 8.89. The fraction of sp³-hybridized carbons (Fsp3) is 0.275. The molecule has 4 aromatic rings. The van der Waals surface area contributed by atoms with Crippen LogP contribution in [-0.4, -0.2) is 55.3 Å². The fourth-order valence-corrected chi connectivity index (χ4v) is 6.11. The SMILES string of the molecule is CC(C)C(NC(=O)OCC1c2ccccc2-c2ccccc21)C(=O)N[C@@H](CCCNC(N)=O)C(=O)Nc1ccc(COC(=O)Oc2ccc(N=O)cc2)cc1. The molecular weight excluding hydrogens is 708 g/mol. The second-order valence-electron chi connectivity index (χ2n) is 13.1. The number of nitrogens with one attached hydrogen (secondary N) is 4. The first-order chi connectivity index (χ1) is 26.5. The maximum Gasteiger partial charge on any atom is 0.514 e. The number of fused-ring (bicyclic) bond motifs is 3. The smallest absolute Gasteiger partial charge is 0.449 e. The van der Waals surface area contributed by atoms with Crippen molar-refractivity contribution in [3.05, 3.63) is 119 Å². The van der Waals surface area contributed by atoms with Crippen molar-refractivity contribution >= 4 is 41.5 Å². The molecule has 0 radical (unpaired) electrons. The van der Waals surface area contributed by atoms with Gasteiger partial charge in [-0.2, -0.15) is 0 Å². The minimum Gasteiger partial charge on any atom is -0.449 e. The van der Waals surface area contributed by atoms with Crippen LogP contribution in [0.15, 0.2) is 102 Å². The van der Waals surface area contributed by atoms with E-state index in [1.54, 1.807) is 38.1 Å². The molecule has 1 aliphatic carbocycles. The van der Waals surface area contributed by atoms with E-state index in [1.165, 1.54) is 24.3 Å². The van der Waals surface area contributed by atoms with Gasteiger partial charge in [-0.05, 0) is 88.2 Å². The van der Waals surface area contributed by atoms with E-state index in [2.05, 4.69) is 26.4 Å². The molecule has 1 aliphatic rings. The Morgan fingerprint density at radius 1 is 0.782 bits per heavy atom. The summed E-state index contributed by atoms with van der Waals surface area (Å²) in [5.74, 6) is -1.49. The Morgan fingerprint density at radius 2 is 1.42 bits per heavy atom. The Kier molecular flexibility index (Phi) is 13.5. The first-order valence-electron chi connectivity index (χ1n) is 17.7. The molecule has 0 spiro atoms. The predicted octanol–water partition coefficient (Wildman–Crippen LogP) is 6.24. The third-order valence-electron chi connectivity index (χ3n) is 8.89. The average Bonchev–Trinajstić information content (AvgIpc) is 3.50. The van der Waals surface area contributed by atoms with Crippen molar-refractivity contribution in [3.8, 4) is 16.9 Å². The number of rotatable bonds is 16. The van der Waals surface area contributed by atoms with Crippen molar-refractivity contribution in [3.63, 3.8) is 0 Å². The molecule has 0 saturated heterocycles. The molecule has 2 atom stereocenters. The van der Waals surface area contributed by atoms with Gasteiger partial charge in [0.2, 0.25) is 11.8 Å². The average molecular weight is 751 g/mol. The number of nitrogens with zero attached hydrogens (tertiary/aromatic N) is 1. The highest BCUT2D eigenvalue weighted by atomic mass is 16.7. The van der Waals surface area contributed by atoms with E-state index < -0.39 is 42.2 Å². The minimum atomic E-state index is -1.05. The Bertz CT molecular complexity index is 1960. The number of urea groups is 1. The van der Waals surface area contributed by atoms with Gasteiger partial charge >= 0.3 is 18.3 Å². The highest BCUT2D eigenvalue weighted by Crippen LogP contribution is 2.44. The van der Waals surface area contributed by atoms with Crippen LogP contribution in [0.2, 0.25) is 0 Å². The van der Waals surface area contributed by atoms with Gasteiger partial charge in [0, 0.05) is 18.2 Å². The molecule has 0 heterocycles. The van der Waals surface area contributed by atoms with Crippen molar-refractivity contribution in [2.45, 2.75) is 51.3 Å². The number of hydrogen-bond acceptors (Lipinski definition) is 10. The summed E-state index contributed by atoms with van der Waals surface area (Å²) < 4.78 is 15.9. The molecule has 15 nitrogen and oxygen atoms in total. The molecule has 0 bridgehead atoms. The van der Waals surface area contributed by atoms with E-state index in [0.29, 0.717) is 17.7 Å². The van der Waals surface area contributed by atoms with E-state index in [9.17, 15) is 28.9 Å². The van der Waals surface area contributed by atoms with Crippen LogP contribution >= 0.6 is 0 Å². The zero-order chi connectivity index (χ0) is 39.3. The number of anilines is 1. The summed E-state index contributed by atoms with van der Waals surface area (Å²) in [4.78, 5) is 74.1. The molecule has 15 heteroatoms. The zero-order valence-electron chi connectivity index (χ0n) is 30.3. The number of hydrogen-bond donors (Lipinski definition) is 5. The van der Waals surface area contributed by atoms with Gasteiger partial charge in [0.05, 0.1) is 0 Å². The lowest BCUT2D eigenvalue weighted by Crippen LogP contribution is -2.54. The number of nitroso groups, excluding NO2 is 1. The van der Waals surface area contributed by atoms with E-state index >= 15 is 0 Å². The van der Waals surface area contributed by atoms with Crippen LogP contribution in [0.3, 0.4) is 0 Å². The van der Waals surface area contributed by atoms with Crippen molar-refractivity contribution < 1.29 is 38.2 Å². The maximum absolute atomic E-state index is 13.6. The summed E-state index contributed by atoms with van der Waals surface area (Å²) in [6, 6.07) is 25.1. The first kappa shape index (κ1) is 39.4. The van der Waals surface area contributed by atoms with Crippen LogP contribution in [-0.2, 0) is 25.7 Å². The van der Waals surface area contributed by atoms with Crippen LogP contribution < -0.4 is 31.7 Å². The topological polar surface area (TPSA) is 217 Å². The van der Waals surface area contributed by atoms with Crippen LogP contribution in [0.5, 0.6) is 5.75 Å². The van der Waals surface area contributed by atoms with Gasteiger partial charge in [-0.15, -0.1) is 4.91 Å². The lowest BCUT2D eigenvalue weighted by molar-refractivity contribution is -0.128. The van der Waals surface area contributed by atoms with Crippen LogP contribution in [0.25, 0.3) is 11.1 Å². The Hall–Kier alpha value is -6.77. The van der Waals surface area contributed by atoms with Gasteiger partial charge in [-0.25, -0.2) is 14.4 Å². The largest absolute Gasteiger partial charge is 0.514 e. The molecule has 1 unspecified atom stereocenters. The van der Waals surface area contributed by atoms with Gasteiger partial charge < -0.3 is 41.2 Å². The van der Waals surface area contributed by atoms with Gasteiger partial charge in [-0.3, -0.25) is 9.59 Å². The summed E-state index contributed by atoms with van der Waals surface area (Å²) in [6.45, 7) is 3.62. The molecule has 0 fully saturated rings. The number of primary amides is 1. The van der Waals surface area contributed by atoms with Crippen LogP contribution in [0.4, 0.5) is 25.8 Å². The molecule has 0 aliphatic heterocycles. The first-order valence-corrected chi connectivity index (χ1v) is 17.7. The number of nitrogens with two attached hydrogens (primary N) is 1. The molecular formula is C40H42N6O9. The van der Waals surface area contributed by atoms with Gasteiger partial charge in [-0.1, -0.05) is 74.5 Å². The zero-order valence-corrected chi connectivity index (χ0v) is 30.3. The van der Waals surface area contributed by atoms with E-state index in [-0.39, 0.29) is 49.5 Å². The molecule has 0 saturated carbocycles. The number of alkyl carbamates (subject to hydrolysis) is 1. The number of amides is 5. The summed E-state index contributed by atoms with van der Waals surface area (Å²) in [7, 11) is 0. The van der Waals surface area contributed by atoms with Gasteiger partial charge in [0.25, 0.3) is 0 Å². The van der Waals surface area contributed by atoms with E-state index in [1.807, 2.05) is 48.5 Å². The van der Waals surface area contributed by atoms with Crippen molar-refractivity contribution in [1.29, 1.82) is 0 Å². The second-order valence-corrected chi connectivity index (χ2v) is 13.1. The highest BCUT2D eigenvalue weighted by molar-refractivity contribution is 5.98. The summed E-state index contributed by atoms with van der Waals surface area (Å²) in [5.41, 5.74) is 10.6. The molecule has 55 heavy (non-hydrogen) atoms. The number of carbonyl (C=O) groups excluding carboxylic acids is 5. The van der Waals surface area contributed by atoms with Crippen molar-refractivity contribution in [2.75, 3.05) is 18.5 Å². The summed E-state index contributed by atoms with van der Waals surface area (Å²) in [6.07, 6.45) is -1.29. The number of carbonyl (C=O) groups is 5. The van der Waals surface area contributed by atoms with Gasteiger partial charge in [0.15, 0.2) is 0 Å². The highest BCUT2D eigenvalue weighted by Gasteiger charge is 2.32. The quantitative estimate of drug-likeness (QED) is 0.0379. The lowest BCUT2D eigenvalue weighted by atomic mass is 9.98. The monoisotopic (exact) mass is 750 g/mol. The molecule has 6 N–H and O–H groups in total. The van der Waals surface area contributed by atoms with E-state index in [0.717, 1.165) is 22.3 Å². The molecule has 286 valence electrons. The van der Waals surface area contributed by atoms with Crippen molar-refractivity contribution in [1.82, 2.24) is 16.0 Å². The Balaban J connectivity index is 1.16. The van der Waals surface area contributed by atoms with E-state index in [4.69, 9.17) is 19.9 Å². The summed E-state index contributed by atoms with van der Waals surface area (Å²) in [5, 5.41) is 13.4. The summed E-state index contributed by atoms with van der Waals surface area (Å²) >= 11 is 0. The lowest BCUT2D eigenvalue weighted by Gasteiger charge is -2.25. The molecule has 4 aromatic carbocycles. The standard InChI is InChI=1S/C40H42N6O9/c1-24(2)35(45-39(50)53-23-33-31-10-5-3-8-29(31)30-9-4-6-11-32(30)33)37(48)44-34(12-7-21-42-38(41)49)36(47)43-26-15-13-25(14-16-26)22-54-40(51)55-28-19-17-27(46-52)18-20-28/h3-6,8-11,13-20,24,33-35H,7,12,21-23H2,1-2H3,(H,43,47)(H,44,48)(H,45,50)(H3,41,42,49)/t34-,35?/m0/s1. The predicted molar refractivity (Wildman–Crippen MR) is 203 cm³/mol. The molecule has 5 rings (SSSR count). The Labute approximate surface area is 317 Å². The minimum absolute atomic E-state index is 0.0646. The molecule has 0 aromatic heterocycles. The maximum atomic E-state index is 13.6. The fourth-order valence-electron chi connectivity index (χ4n) is 6.11.